The summed E-state index contributed by atoms with van der Waals surface area (Å²) in [7, 11) is 0. The van der Waals surface area contributed by atoms with Crippen LogP contribution in [0.15, 0.2) is 77.6 Å². The van der Waals surface area contributed by atoms with Gasteiger partial charge in [0.2, 0.25) is 11.8 Å². The molecule has 1 spiro atoms. The molecule has 3 aromatic carbocycles. The highest BCUT2D eigenvalue weighted by molar-refractivity contribution is 6.23. The van der Waals surface area contributed by atoms with Crippen LogP contribution in [0.5, 0.6) is 0 Å². The third-order valence-electron chi connectivity index (χ3n) is 9.09. The molecule has 0 radical (unpaired) electrons. The number of imide groups is 1. The number of halogens is 3. The van der Waals surface area contributed by atoms with Crippen LogP contribution in [0.2, 0.25) is 0 Å². The summed E-state index contributed by atoms with van der Waals surface area (Å²) in [5, 5.41) is 0.417. The lowest BCUT2D eigenvalue weighted by molar-refractivity contribution is -0.137. The first-order chi connectivity index (χ1) is 19.3. The Bertz CT molecular complexity index is 1850. The molecule has 3 saturated heterocycles. The minimum Gasteiger partial charge on any atom is -0.283 e. The molecular weight excluding hydrogens is 521 g/mol. The molecule has 0 N–H and O–H groups in total. The number of hydrogen-bond donors (Lipinski definition) is 0. The summed E-state index contributed by atoms with van der Waals surface area (Å²) in [4.78, 5) is 50.2. The fourth-order valence-corrected chi connectivity index (χ4v) is 7.76. The van der Waals surface area contributed by atoms with Crippen molar-refractivity contribution >= 4 is 28.4 Å². The van der Waals surface area contributed by atoms with Gasteiger partial charge in [-0.2, -0.15) is 13.2 Å². The lowest BCUT2D eigenvalue weighted by Crippen LogP contribution is -2.51. The highest BCUT2D eigenvalue weighted by Crippen LogP contribution is 2.62. The second-order valence-corrected chi connectivity index (χ2v) is 10.8. The third kappa shape index (κ3) is 2.64. The van der Waals surface area contributed by atoms with E-state index in [0.717, 1.165) is 17.4 Å². The minimum absolute atomic E-state index is 0.292. The lowest BCUT2D eigenvalue weighted by Gasteiger charge is -2.38. The quantitative estimate of drug-likeness (QED) is 0.337. The zero-order valence-corrected chi connectivity index (χ0v) is 20.9. The van der Waals surface area contributed by atoms with Gasteiger partial charge in [0.1, 0.15) is 11.4 Å². The number of para-hydroxylation sites is 3. The van der Waals surface area contributed by atoms with E-state index in [9.17, 15) is 27.6 Å². The molecule has 7 nitrogen and oxygen atoms in total. The third-order valence-corrected chi connectivity index (χ3v) is 9.09. The maximum Gasteiger partial charge on any atom is 0.418 e. The van der Waals surface area contributed by atoms with E-state index >= 15 is 0 Å². The van der Waals surface area contributed by atoms with Crippen LogP contribution in [-0.4, -0.2) is 38.9 Å². The molecule has 40 heavy (non-hydrogen) atoms. The number of anilines is 1. The standard InChI is InChI=1S/C30H21F3N4O3/c31-30(32,33)18-10-3-6-13-21(18)36-26(39)23-22-14-7-15-35(22)29(24(23)27(36)40)17-9-2-5-12-20(17)37-25(38)16-8-1-4-11-19(16)34-28(29)37/h1-6,8-13,22-24H,7,14-15H2/t22-,23+,24+,29-/m0/s1. The van der Waals surface area contributed by atoms with Crippen molar-refractivity contribution in [3.8, 4) is 5.69 Å². The summed E-state index contributed by atoms with van der Waals surface area (Å²) in [5.74, 6) is -2.93. The summed E-state index contributed by atoms with van der Waals surface area (Å²) in [6.45, 7) is 0.564. The van der Waals surface area contributed by atoms with Crippen LogP contribution in [0, 0.1) is 11.8 Å². The van der Waals surface area contributed by atoms with Crippen molar-refractivity contribution in [2.24, 2.45) is 11.8 Å². The van der Waals surface area contributed by atoms with Gasteiger partial charge in [0.05, 0.1) is 39.7 Å². The highest BCUT2D eigenvalue weighted by atomic mass is 19.4. The van der Waals surface area contributed by atoms with Gasteiger partial charge in [0.25, 0.3) is 5.56 Å². The molecule has 0 bridgehead atoms. The monoisotopic (exact) mass is 542 g/mol. The summed E-state index contributed by atoms with van der Waals surface area (Å²) < 4.78 is 43.6. The molecule has 4 aliphatic heterocycles. The number of alkyl halides is 3. The van der Waals surface area contributed by atoms with E-state index in [4.69, 9.17) is 4.98 Å². The van der Waals surface area contributed by atoms with Crippen molar-refractivity contribution in [3.63, 3.8) is 0 Å². The molecule has 8 rings (SSSR count). The van der Waals surface area contributed by atoms with Gasteiger partial charge >= 0.3 is 6.18 Å². The van der Waals surface area contributed by atoms with Gasteiger partial charge in [0, 0.05) is 11.6 Å². The van der Waals surface area contributed by atoms with Crippen molar-refractivity contribution in [2.75, 3.05) is 11.4 Å². The van der Waals surface area contributed by atoms with Crippen molar-refractivity contribution in [3.05, 3.63) is 100 Å². The Morgan fingerprint density at radius 2 is 1.55 bits per heavy atom. The van der Waals surface area contributed by atoms with E-state index in [1.165, 1.54) is 22.8 Å². The van der Waals surface area contributed by atoms with Crippen LogP contribution in [-0.2, 0) is 21.3 Å². The van der Waals surface area contributed by atoms with E-state index < -0.39 is 46.6 Å². The Morgan fingerprint density at radius 3 is 2.35 bits per heavy atom. The van der Waals surface area contributed by atoms with Crippen LogP contribution in [0.25, 0.3) is 16.6 Å². The molecule has 0 saturated carbocycles. The Hall–Kier alpha value is -4.31. The minimum atomic E-state index is -4.76. The van der Waals surface area contributed by atoms with Crippen molar-refractivity contribution in [2.45, 2.75) is 30.6 Å². The molecule has 10 heteroatoms. The number of carbonyl (C=O) groups is 2. The van der Waals surface area contributed by atoms with E-state index in [0.29, 0.717) is 40.9 Å². The first kappa shape index (κ1) is 23.6. The predicted molar refractivity (Wildman–Crippen MR) is 139 cm³/mol. The van der Waals surface area contributed by atoms with Crippen LogP contribution in [0.3, 0.4) is 0 Å². The molecule has 200 valence electrons. The number of benzene rings is 3. The summed E-state index contributed by atoms with van der Waals surface area (Å²) in [6, 6.07) is 18.5. The number of amides is 2. The number of nitrogens with zero attached hydrogens (tertiary/aromatic N) is 4. The maximum atomic E-state index is 14.4. The van der Waals surface area contributed by atoms with Gasteiger partial charge in [-0.25, -0.2) is 9.88 Å². The molecule has 0 unspecified atom stereocenters. The molecule has 4 atom stereocenters. The van der Waals surface area contributed by atoms with Gasteiger partial charge in [0.15, 0.2) is 0 Å². The zero-order valence-electron chi connectivity index (χ0n) is 20.9. The van der Waals surface area contributed by atoms with Gasteiger partial charge in [-0.15, -0.1) is 0 Å². The summed E-state index contributed by atoms with van der Waals surface area (Å²) in [5.41, 5.74) is -1.37. The van der Waals surface area contributed by atoms with E-state index in [1.54, 1.807) is 36.4 Å². The highest BCUT2D eigenvalue weighted by Gasteiger charge is 2.74. The average molecular weight is 543 g/mol. The van der Waals surface area contributed by atoms with Crippen LogP contribution in [0.1, 0.15) is 29.8 Å². The van der Waals surface area contributed by atoms with Gasteiger partial charge in [-0.3, -0.25) is 23.9 Å². The first-order valence-corrected chi connectivity index (χ1v) is 13.2. The van der Waals surface area contributed by atoms with E-state index in [-0.39, 0.29) is 11.6 Å². The normalized spacial score (nSPS) is 27.0. The van der Waals surface area contributed by atoms with Crippen molar-refractivity contribution in [1.29, 1.82) is 0 Å². The van der Waals surface area contributed by atoms with Gasteiger partial charge in [-0.05, 0) is 49.7 Å². The Labute approximate surface area is 225 Å². The van der Waals surface area contributed by atoms with Crippen LogP contribution in [0.4, 0.5) is 18.9 Å². The lowest BCUT2D eigenvalue weighted by atomic mass is 9.75. The largest absolute Gasteiger partial charge is 0.418 e. The van der Waals surface area contributed by atoms with E-state index in [1.807, 2.05) is 12.1 Å². The average Bonchev–Trinajstić information content (AvgIpc) is 3.66. The SMILES string of the molecule is O=C1[C@@H]2[C@@H]3CCCN3[C@@]3(c4ccccc4-n4c3nc3ccccc3c4=O)[C@H]2C(=O)N1c1ccccc1C(F)(F)F. The Kier molecular flexibility index (Phi) is 4.51. The fraction of sp³-hybridized carbons (Fsp3) is 0.267. The second-order valence-electron chi connectivity index (χ2n) is 10.8. The Balaban J connectivity index is 1.43. The number of fused-ring (bicyclic) bond motifs is 11. The summed E-state index contributed by atoms with van der Waals surface area (Å²) >= 11 is 0. The molecule has 1 aromatic heterocycles. The topological polar surface area (TPSA) is 75.5 Å². The van der Waals surface area contributed by atoms with Crippen molar-refractivity contribution in [1.82, 2.24) is 14.5 Å². The predicted octanol–water partition coefficient (Wildman–Crippen LogP) is 4.25. The van der Waals surface area contributed by atoms with Crippen molar-refractivity contribution < 1.29 is 22.8 Å². The van der Waals surface area contributed by atoms with Crippen LogP contribution >= 0.6 is 0 Å². The molecule has 4 aliphatic rings. The van der Waals surface area contributed by atoms with E-state index in [2.05, 4.69) is 4.90 Å². The molecule has 0 aliphatic carbocycles. The molecule has 4 aromatic rings. The number of rotatable bonds is 1. The molecular formula is C30H21F3N4O3. The maximum absolute atomic E-state index is 14.4. The molecule has 3 fully saturated rings. The Morgan fingerprint density at radius 1 is 0.850 bits per heavy atom. The first-order valence-electron chi connectivity index (χ1n) is 13.2. The number of hydrogen-bond acceptors (Lipinski definition) is 5. The number of carbonyl (C=O) groups excluding carboxylic acids is 2. The fourth-order valence-electron chi connectivity index (χ4n) is 7.76. The van der Waals surface area contributed by atoms with Gasteiger partial charge in [-0.1, -0.05) is 42.5 Å². The summed E-state index contributed by atoms with van der Waals surface area (Å²) in [6.07, 6.45) is -3.40. The zero-order chi connectivity index (χ0) is 27.6. The smallest absolute Gasteiger partial charge is 0.283 e. The van der Waals surface area contributed by atoms with Crippen LogP contribution < -0.4 is 10.5 Å². The second kappa shape index (κ2) is 7.66. The molecule has 2 amide bonds. The van der Waals surface area contributed by atoms with Gasteiger partial charge < -0.3 is 0 Å². The molecule has 5 heterocycles. The number of aromatic nitrogens is 2.